The van der Waals surface area contributed by atoms with Crippen molar-refractivity contribution >= 4 is 23.4 Å². The summed E-state index contributed by atoms with van der Waals surface area (Å²) in [6.07, 6.45) is 8.09. The van der Waals surface area contributed by atoms with Gasteiger partial charge in [-0.2, -0.15) is 6.08 Å². The van der Waals surface area contributed by atoms with E-state index >= 15 is 0 Å². The lowest BCUT2D eigenvalue weighted by Gasteiger charge is -2.14. The van der Waals surface area contributed by atoms with Gasteiger partial charge in [-0.25, -0.2) is 24.6 Å². The minimum Gasteiger partial charge on any atom is -0.224 e. The van der Waals surface area contributed by atoms with E-state index in [4.69, 9.17) is 0 Å². The minimum absolute atomic E-state index is 0.361. The number of allylic oxidation sites excluding steroid dienone is 2. The summed E-state index contributed by atoms with van der Waals surface area (Å²) in [5.74, 6) is 0.612. The van der Waals surface area contributed by atoms with Crippen LogP contribution in [0.3, 0.4) is 0 Å². The minimum atomic E-state index is -0.361. The average molecular weight is 265 g/mol. The van der Waals surface area contributed by atoms with Crippen molar-refractivity contribution in [2.45, 2.75) is 13.3 Å². The van der Waals surface area contributed by atoms with Gasteiger partial charge in [0.05, 0.1) is 7.55 Å². The van der Waals surface area contributed by atoms with Crippen molar-refractivity contribution in [2.75, 3.05) is 0 Å². The third kappa shape index (κ3) is 2.41. The molecular weight excluding hydrogens is 247 g/mol. The van der Waals surface area contributed by atoms with Gasteiger partial charge in [0.25, 0.3) is 0 Å². The van der Waals surface area contributed by atoms with Gasteiger partial charge in [0.15, 0.2) is 0 Å². The quantitative estimate of drug-likeness (QED) is 0.585. The first-order valence-electron chi connectivity index (χ1n) is 6.85. The van der Waals surface area contributed by atoms with Gasteiger partial charge in [-0.15, -0.1) is 12.1 Å². The van der Waals surface area contributed by atoms with Gasteiger partial charge in [0.1, 0.15) is 5.30 Å². The molecule has 0 aromatic heterocycles. The molecular formula is C18H18P-. The van der Waals surface area contributed by atoms with Crippen LogP contribution in [0.15, 0.2) is 66.7 Å². The normalized spacial score (nSPS) is 20.4. The second kappa shape index (κ2) is 5.55. The Bertz CT molecular complexity index is 588. The molecule has 0 bridgehead atoms. The highest BCUT2D eigenvalue weighted by Gasteiger charge is 2.21. The maximum absolute atomic E-state index is 2.34. The smallest absolute Gasteiger partial charge is 0.140 e. The monoisotopic (exact) mass is 265 g/mol. The fourth-order valence-corrected chi connectivity index (χ4v) is 5.30. The van der Waals surface area contributed by atoms with E-state index in [0.717, 1.165) is 0 Å². The Morgan fingerprint density at radius 2 is 1.84 bits per heavy atom. The van der Waals surface area contributed by atoms with Gasteiger partial charge in [0.2, 0.25) is 0 Å². The molecule has 0 N–H and O–H groups in total. The summed E-state index contributed by atoms with van der Waals surface area (Å²) in [4.78, 5) is 0. The zero-order chi connectivity index (χ0) is 13.1. The van der Waals surface area contributed by atoms with Crippen molar-refractivity contribution in [1.82, 2.24) is 0 Å². The Kier molecular flexibility index (Phi) is 3.62. The second-order valence-electron chi connectivity index (χ2n) is 4.81. The molecule has 0 fully saturated rings. The highest BCUT2D eigenvalue weighted by atomic mass is 31.1. The molecule has 0 amide bonds. The molecule has 2 aromatic carbocycles. The lowest BCUT2D eigenvalue weighted by atomic mass is 10.1. The van der Waals surface area contributed by atoms with Crippen molar-refractivity contribution in [2.24, 2.45) is 5.92 Å². The highest BCUT2D eigenvalue weighted by molar-refractivity contribution is 7.73. The maximum atomic E-state index is 2.34. The Hall–Kier alpha value is -1.65. The second-order valence-corrected chi connectivity index (χ2v) is 7.03. The molecule has 0 saturated heterocycles. The Morgan fingerprint density at radius 1 is 1.11 bits per heavy atom. The van der Waals surface area contributed by atoms with E-state index < -0.39 is 0 Å². The summed E-state index contributed by atoms with van der Waals surface area (Å²) in [6.45, 7) is 2.28. The lowest BCUT2D eigenvalue weighted by Crippen LogP contribution is -2.15. The van der Waals surface area contributed by atoms with Crippen LogP contribution in [0.1, 0.15) is 13.3 Å². The molecule has 2 aromatic rings. The van der Waals surface area contributed by atoms with Crippen LogP contribution in [0.5, 0.6) is 0 Å². The summed E-state index contributed by atoms with van der Waals surface area (Å²) in [7, 11) is -0.361. The third-order valence-electron chi connectivity index (χ3n) is 3.61. The topological polar surface area (TPSA) is 0 Å². The van der Waals surface area contributed by atoms with Gasteiger partial charge < -0.3 is 0 Å². The lowest BCUT2D eigenvalue weighted by molar-refractivity contribution is 0.803. The zero-order valence-corrected chi connectivity index (χ0v) is 12.1. The van der Waals surface area contributed by atoms with Crippen LogP contribution in [0.25, 0.3) is 0 Å². The predicted molar refractivity (Wildman–Crippen MR) is 86.9 cm³/mol. The summed E-state index contributed by atoms with van der Waals surface area (Å²) in [6, 6.07) is 19.8. The molecule has 0 radical (unpaired) electrons. The van der Waals surface area contributed by atoms with E-state index in [0.29, 0.717) is 5.92 Å². The molecule has 0 saturated carbocycles. The van der Waals surface area contributed by atoms with Gasteiger partial charge in [-0.05, 0) is 18.1 Å². The van der Waals surface area contributed by atoms with Crippen LogP contribution in [-0.2, 0) is 0 Å². The standard InChI is InChI=1S/C18H18P/c1-2-15-9-8-14-18(15)19(17-12-6-7-13-17)16-10-4-3-5-11-16/h3-15H,2H2,1H3/q-1. The Balaban J connectivity index is 2.18. The molecule has 2 atom stereocenters. The molecule has 1 aliphatic rings. The average Bonchev–Trinajstić information content (AvgIpc) is 3.12. The van der Waals surface area contributed by atoms with E-state index in [9.17, 15) is 0 Å². The van der Waals surface area contributed by atoms with E-state index in [2.05, 4.69) is 80.1 Å². The van der Waals surface area contributed by atoms with Crippen LogP contribution in [0, 0.1) is 12.3 Å². The molecule has 1 heteroatoms. The zero-order valence-electron chi connectivity index (χ0n) is 11.2. The summed E-state index contributed by atoms with van der Waals surface area (Å²) in [5.41, 5.74) is 0. The fourth-order valence-electron chi connectivity index (χ4n) is 2.63. The molecule has 0 aliphatic heterocycles. The third-order valence-corrected chi connectivity index (χ3v) is 6.23. The number of hydrogen-bond donors (Lipinski definition) is 0. The van der Waals surface area contributed by atoms with Crippen LogP contribution in [0.2, 0.25) is 0 Å². The van der Waals surface area contributed by atoms with E-state index in [1.807, 2.05) is 0 Å². The first-order valence-corrected chi connectivity index (χ1v) is 8.19. The van der Waals surface area contributed by atoms with Crippen LogP contribution < -0.4 is 10.6 Å². The van der Waals surface area contributed by atoms with Gasteiger partial charge >= 0.3 is 0 Å². The number of benzene rings is 1. The molecule has 0 spiro atoms. The molecule has 96 valence electrons. The molecule has 0 nitrogen and oxygen atoms in total. The molecule has 0 heterocycles. The number of hydrogen-bond acceptors (Lipinski definition) is 0. The summed E-state index contributed by atoms with van der Waals surface area (Å²) >= 11 is 0. The predicted octanol–water partition coefficient (Wildman–Crippen LogP) is 3.81. The van der Waals surface area contributed by atoms with Crippen LogP contribution >= 0.6 is 7.55 Å². The Morgan fingerprint density at radius 3 is 2.53 bits per heavy atom. The van der Waals surface area contributed by atoms with Gasteiger partial charge in [0, 0.05) is 10.6 Å². The SMILES string of the molecule is CCC1[CH-]C=CC1=[P+](c1ccccc1)[c-]1cccc1. The van der Waals surface area contributed by atoms with Crippen molar-refractivity contribution in [1.29, 1.82) is 0 Å². The Labute approximate surface area is 116 Å². The van der Waals surface area contributed by atoms with Crippen LogP contribution in [0.4, 0.5) is 0 Å². The molecule has 19 heavy (non-hydrogen) atoms. The van der Waals surface area contributed by atoms with Crippen molar-refractivity contribution in [3.05, 3.63) is 73.2 Å². The fraction of sp³-hybridized carbons (Fsp3) is 0.167. The largest absolute Gasteiger partial charge is 0.224 e. The summed E-state index contributed by atoms with van der Waals surface area (Å²) < 4.78 is 0. The van der Waals surface area contributed by atoms with Gasteiger partial charge in [-0.1, -0.05) is 31.5 Å². The van der Waals surface area contributed by atoms with Crippen molar-refractivity contribution in [3.8, 4) is 0 Å². The molecule has 1 aliphatic carbocycles. The number of rotatable bonds is 3. The van der Waals surface area contributed by atoms with Gasteiger partial charge in [-0.3, -0.25) is 0 Å². The van der Waals surface area contributed by atoms with Crippen molar-refractivity contribution < 1.29 is 0 Å². The first kappa shape index (κ1) is 12.4. The van der Waals surface area contributed by atoms with Crippen LogP contribution in [-0.4, -0.2) is 5.29 Å². The van der Waals surface area contributed by atoms with Crippen molar-refractivity contribution in [3.63, 3.8) is 0 Å². The first-order chi connectivity index (χ1) is 9.40. The van der Waals surface area contributed by atoms with E-state index in [1.54, 1.807) is 5.29 Å². The highest BCUT2D eigenvalue weighted by Crippen LogP contribution is 2.33. The summed E-state index contributed by atoms with van der Waals surface area (Å²) in [5, 5.41) is 4.52. The molecule has 2 unspecified atom stereocenters. The van der Waals surface area contributed by atoms with E-state index in [1.165, 1.54) is 17.0 Å². The molecule has 3 rings (SSSR count). The maximum Gasteiger partial charge on any atom is 0.140 e. The van der Waals surface area contributed by atoms with E-state index in [-0.39, 0.29) is 7.55 Å².